The van der Waals surface area contributed by atoms with Gasteiger partial charge in [0.05, 0.1) is 17.6 Å². The van der Waals surface area contributed by atoms with Crippen LogP contribution < -0.4 is 0 Å². The highest BCUT2D eigenvalue weighted by atomic mass is 32.3. The first-order valence-electron chi connectivity index (χ1n) is 5.32. The maximum atomic E-state index is 12.5. The van der Waals surface area contributed by atoms with Gasteiger partial charge in [0, 0.05) is 0 Å². The smallest absolute Gasteiger partial charge is 0.327 e. The Labute approximate surface area is 121 Å². The van der Waals surface area contributed by atoms with Crippen molar-refractivity contribution in [1.82, 2.24) is 0 Å². The van der Waals surface area contributed by atoms with Crippen LogP contribution in [0.1, 0.15) is 12.8 Å². The van der Waals surface area contributed by atoms with Gasteiger partial charge in [-0.05, 0) is 12.8 Å². The number of ether oxygens (including phenoxy) is 1. The highest BCUT2D eigenvalue weighted by Crippen LogP contribution is 2.30. The van der Waals surface area contributed by atoms with E-state index in [0.29, 0.717) is 0 Å². The van der Waals surface area contributed by atoms with Gasteiger partial charge in [-0.1, -0.05) is 5.92 Å². The first kappa shape index (κ1) is 19.3. The highest BCUT2D eigenvalue weighted by molar-refractivity contribution is 7.86. The van der Waals surface area contributed by atoms with Crippen LogP contribution in [0.2, 0.25) is 0 Å². The van der Waals surface area contributed by atoms with Crippen LogP contribution in [0.25, 0.3) is 0 Å². The van der Waals surface area contributed by atoms with Gasteiger partial charge in [0.1, 0.15) is 0 Å². The van der Waals surface area contributed by atoms with E-state index >= 15 is 0 Å². The van der Waals surface area contributed by atoms with Gasteiger partial charge in [-0.3, -0.25) is 4.79 Å². The van der Waals surface area contributed by atoms with Crippen LogP contribution >= 0.6 is 0 Å². The number of hydrogen-bond acceptors (Lipinski definition) is 7. The number of halogens is 2. The molecule has 0 saturated heterocycles. The fourth-order valence-electron chi connectivity index (χ4n) is 1.32. The maximum Gasteiger partial charge on any atom is 0.327 e. The minimum absolute atomic E-state index is 0.562. The van der Waals surface area contributed by atoms with Crippen molar-refractivity contribution in [3.05, 3.63) is 0 Å². The predicted molar refractivity (Wildman–Crippen MR) is 66.9 cm³/mol. The van der Waals surface area contributed by atoms with Crippen molar-refractivity contribution in [3.8, 4) is 18.4 Å². The number of carbonyl (C=O) groups excluding carboxylic acids is 1. The molecule has 118 valence electrons. The summed E-state index contributed by atoms with van der Waals surface area (Å²) in [6.45, 7) is -0.562. The standard InChI is InChI=1S/C10H11F2NO6S2/c1-2-5-19-9(14)10(8-13,3-6-20(11,15)16)4-7-21(12,17)18/h1H,3-7H2. The summed E-state index contributed by atoms with van der Waals surface area (Å²) in [5.74, 6) is -1.88. The van der Waals surface area contributed by atoms with E-state index in [2.05, 4.69) is 4.74 Å². The number of nitriles is 1. The minimum atomic E-state index is -5.02. The van der Waals surface area contributed by atoms with Crippen LogP contribution in [0.4, 0.5) is 7.77 Å². The molecular formula is C10H11F2NO6S2. The summed E-state index contributed by atoms with van der Waals surface area (Å²) in [6.07, 6.45) is 3.05. The largest absolute Gasteiger partial charge is 0.451 e. The molecule has 0 N–H and O–H groups in total. The molecule has 0 rings (SSSR count). The topological polar surface area (TPSA) is 118 Å². The van der Waals surface area contributed by atoms with Crippen molar-refractivity contribution >= 4 is 26.4 Å². The number of hydrogen-bond donors (Lipinski definition) is 0. The molecule has 0 aliphatic carbocycles. The molecule has 0 amide bonds. The molecule has 0 fully saturated rings. The summed E-state index contributed by atoms with van der Waals surface area (Å²) in [5.41, 5.74) is -2.32. The van der Waals surface area contributed by atoms with Gasteiger partial charge in [-0.25, -0.2) is 0 Å². The quantitative estimate of drug-likeness (QED) is 0.347. The normalized spacial score (nSPS) is 12.2. The highest BCUT2D eigenvalue weighted by Gasteiger charge is 2.42. The van der Waals surface area contributed by atoms with Crippen LogP contribution in [-0.2, 0) is 30.0 Å². The first-order chi connectivity index (χ1) is 9.46. The lowest BCUT2D eigenvalue weighted by molar-refractivity contribution is -0.151. The zero-order valence-corrected chi connectivity index (χ0v) is 12.2. The summed E-state index contributed by atoms with van der Waals surface area (Å²) in [5, 5.41) is 9.00. The SMILES string of the molecule is C#CCOC(=O)C(C#N)(CCS(=O)(=O)F)CCS(=O)(=O)F. The molecule has 0 aromatic carbocycles. The summed E-state index contributed by atoms with van der Waals surface area (Å²) in [4.78, 5) is 11.7. The molecule has 0 atom stereocenters. The van der Waals surface area contributed by atoms with Crippen LogP contribution in [0, 0.1) is 29.1 Å². The fourth-order valence-corrected chi connectivity index (χ4v) is 2.51. The molecule has 0 heterocycles. The Morgan fingerprint density at radius 2 is 1.57 bits per heavy atom. The van der Waals surface area contributed by atoms with E-state index < -0.39 is 62.8 Å². The van der Waals surface area contributed by atoms with Gasteiger partial charge in [0.25, 0.3) is 0 Å². The molecule has 7 nitrogen and oxygen atoms in total. The summed E-state index contributed by atoms with van der Waals surface area (Å²) < 4.78 is 71.4. The number of nitrogens with zero attached hydrogens (tertiary/aromatic N) is 1. The van der Waals surface area contributed by atoms with Crippen LogP contribution in [0.3, 0.4) is 0 Å². The number of terminal acetylenes is 1. The molecule has 0 saturated carbocycles. The van der Waals surface area contributed by atoms with Crippen molar-refractivity contribution < 1.29 is 34.1 Å². The van der Waals surface area contributed by atoms with Crippen molar-refractivity contribution in [2.45, 2.75) is 12.8 Å². The van der Waals surface area contributed by atoms with Gasteiger partial charge in [0.15, 0.2) is 12.0 Å². The van der Waals surface area contributed by atoms with E-state index in [1.165, 1.54) is 6.07 Å². The van der Waals surface area contributed by atoms with Gasteiger partial charge >= 0.3 is 26.4 Å². The van der Waals surface area contributed by atoms with Gasteiger partial charge in [-0.2, -0.15) is 22.1 Å². The second kappa shape index (κ2) is 7.33. The molecule has 0 unspecified atom stereocenters. The maximum absolute atomic E-state index is 12.5. The summed E-state index contributed by atoms with van der Waals surface area (Å²) in [6, 6.07) is 1.36. The molecule has 0 aromatic heterocycles. The minimum Gasteiger partial charge on any atom is -0.451 e. The second-order valence-corrected chi connectivity index (χ2v) is 6.93. The Kier molecular flexibility index (Phi) is 6.73. The first-order valence-corrected chi connectivity index (χ1v) is 8.43. The Morgan fingerprint density at radius 1 is 1.14 bits per heavy atom. The number of rotatable bonds is 8. The molecule has 0 bridgehead atoms. The fraction of sp³-hybridized carbons (Fsp3) is 0.600. The van der Waals surface area contributed by atoms with E-state index in [0.717, 1.165) is 0 Å². The molecule has 0 aliphatic rings. The molecule has 0 radical (unpaired) electrons. The molecule has 0 aromatic rings. The summed E-state index contributed by atoms with van der Waals surface area (Å²) >= 11 is 0. The Bertz CT molecular complexity index is 635. The average molecular weight is 343 g/mol. The molecule has 0 aliphatic heterocycles. The molecule has 21 heavy (non-hydrogen) atoms. The Hall–Kier alpha value is -1.72. The van der Waals surface area contributed by atoms with Gasteiger partial charge < -0.3 is 4.74 Å². The van der Waals surface area contributed by atoms with E-state index in [1.54, 1.807) is 0 Å². The lowest BCUT2D eigenvalue weighted by atomic mass is 9.84. The average Bonchev–Trinajstić information content (AvgIpc) is 2.34. The molecular weight excluding hydrogens is 332 g/mol. The van der Waals surface area contributed by atoms with E-state index in [1.807, 2.05) is 5.92 Å². The lowest BCUT2D eigenvalue weighted by Gasteiger charge is -2.22. The Morgan fingerprint density at radius 3 is 1.86 bits per heavy atom. The second-order valence-electron chi connectivity index (χ2n) is 3.96. The van der Waals surface area contributed by atoms with E-state index in [9.17, 15) is 29.4 Å². The number of esters is 1. The van der Waals surface area contributed by atoms with Crippen LogP contribution in [-0.4, -0.2) is 40.9 Å². The third kappa shape index (κ3) is 7.58. The third-order valence-electron chi connectivity index (χ3n) is 2.44. The number of carbonyl (C=O) groups is 1. The van der Waals surface area contributed by atoms with Gasteiger partial charge in [-0.15, -0.1) is 14.2 Å². The van der Waals surface area contributed by atoms with E-state index in [4.69, 9.17) is 11.7 Å². The monoisotopic (exact) mass is 343 g/mol. The van der Waals surface area contributed by atoms with Crippen LogP contribution in [0.15, 0.2) is 0 Å². The van der Waals surface area contributed by atoms with Crippen molar-refractivity contribution in [1.29, 1.82) is 5.26 Å². The van der Waals surface area contributed by atoms with Crippen molar-refractivity contribution in [2.24, 2.45) is 5.41 Å². The third-order valence-corrected chi connectivity index (χ3v) is 3.82. The molecule has 0 spiro atoms. The van der Waals surface area contributed by atoms with Gasteiger partial charge in [0.2, 0.25) is 0 Å². The lowest BCUT2D eigenvalue weighted by Crippen LogP contribution is -2.35. The zero-order chi connectivity index (χ0) is 16.7. The predicted octanol–water partition coefficient (Wildman–Crippen LogP) is 0.0516. The van der Waals surface area contributed by atoms with E-state index in [-0.39, 0.29) is 0 Å². The Balaban J connectivity index is 5.34. The van der Waals surface area contributed by atoms with Crippen LogP contribution in [0.5, 0.6) is 0 Å². The molecule has 11 heteroatoms. The van der Waals surface area contributed by atoms with Crippen molar-refractivity contribution in [2.75, 3.05) is 18.1 Å². The van der Waals surface area contributed by atoms with Crippen molar-refractivity contribution in [3.63, 3.8) is 0 Å². The zero-order valence-electron chi connectivity index (χ0n) is 10.6. The summed E-state index contributed by atoms with van der Waals surface area (Å²) in [7, 11) is -10.0.